The average Bonchev–Trinajstić information content (AvgIpc) is 3.31. The van der Waals surface area contributed by atoms with Gasteiger partial charge in [0.2, 0.25) is 0 Å². The van der Waals surface area contributed by atoms with Crippen molar-refractivity contribution in [3.8, 4) is 11.5 Å². The molecular formula is C32H45NO5. The predicted molar refractivity (Wildman–Crippen MR) is 154 cm³/mol. The Kier molecular flexibility index (Phi) is 14.6. The molecule has 0 saturated carbocycles. The Morgan fingerprint density at radius 3 is 2.24 bits per heavy atom. The number of rotatable bonds is 4. The molecule has 4 rings (SSSR count). The number of hydrogen-bond acceptors (Lipinski definition) is 5. The van der Waals surface area contributed by atoms with Crippen LogP contribution in [0.15, 0.2) is 73.3 Å². The van der Waals surface area contributed by atoms with Crippen molar-refractivity contribution in [1.29, 1.82) is 0 Å². The maximum Gasteiger partial charge on any atom is 0.310 e. The van der Waals surface area contributed by atoms with Gasteiger partial charge in [0.05, 0.1) is 12.5 Å². The molecule has 2 aromatic carbocycles. The summed E-state index contributed by atoms with van der Waals surface area (Å²) in [6.45, 7) is 18.3. The summed E-state index contributed by atoms with van der Waals surface area (Å²) in [5, 5.41) is 0. The number of fused-ring (bicyclic) bond motifs is 1. The minimum Gasteiger partial charge on any atom is -0.466 e. The number of nitrogens with zero attached hydrogens (tertiary/aromatic N) is 1. The molecule has 0 bridgehead atoms. The van der Waals surface area contributed by atoms with Crippen LogP contribution in [0.4, 0.5) is 0 Å². The molecule has 38 heavy (non-hydrogen) atoms. The number of likely N-dealkylation sites (tertiary alicyclic amines) is 1. The monoisotopic (exact) mass is 523 g/mol. The topological polar surface area (TPSA) is 65.1 Å². The molecule has 2 unspecified atom stereocenters. The van der Waals surface area contributed by atoms with E-state index in [1.165, 1.54) is 0 Å². The molecule has 0 spiro atoms. The van der Waals surface area contributed by atoms with E-state index in [9.17, 15) is 9.59 Å². The standard InChI is InChI=1S/C23H25NO5.C4H8.C3H6.C2H6/c1-3-27-22(26)17-8-7-13-24(15-17)21(25)16-11-12-19-20(14-16)29-23(2,28-19)18-9-5-4-6-10-18;1-3-4-2;1-3-2;1-2/h4-6,9-12,14,17H,3,7-8,13,15H2,1-2H3;3-4H,1-2H3;3H,1H2,2H3;1-2H3/b;4-3-;;. The largest absolute Gasteiger partial charge is 0.466 e. The lowest BCUT2D eigenvalue weighted by Gasteiger charge is -2.31. The Morgan fingerprint density at radius 2 is 1.66 bits per heavy atom. The van der Waals surface area contributed by atoms with E-state index in [1.54, 1.807) is 36.1 Å². The molecular weight excluding hydrogens is 478 g/mol. The number of hydrogen-bond donors (Lipinski definition) is 0. The molecule has 6 heteroatoms. The average molecular weight is 524 g/mol. The van der Waals surface area contributed by atoms with Crippen LogP contribution in [0, 0.1) is 5.92 Å². The van der Waals surface area contributed by atoms with Crippen molar-refractivity contribution in [3.05, 3.63) is 84.5 Å². The zero-order valence-electron chi connectivity index (χ0n) is 24.2. The highest BCUT2D eigenvalue weighted by Crippen LogP contribution is 2.44. The van der Waals surface area contributed by atoms with E-state index in [-0.39, 0.29) is 17.8 Å². The molecule has 1 amide bonds. The first-order chi connectivity index (χ1) is 18.3. The van der Waals surface area contributed by atoms with Gasteiger partial charge in [-0.05, 0) is 58.7 Å². The van der Waals surface area contributed by atoms with Crippen LogP contribution in [0.1, 0.15) is 77.2 Å². The molecule has 1 fully saturated rings. The smallest absolute Gasteiger partial charge is 0.310 e. The summed E-state index contributed by atoms with van der Waals surface area (Å²) in [7, 11) is 0. The van der Waals surface area contributed by atoms with Crippen LogP contribution < -0.4 is 9.47 Å². The van der Waals surface area contributed by atoms with E-state index in [0.29, 0.717) is 36.8 Å². The Labute approximate surface area is 229 Å². The number of piperidine rings is 1. The quantitative estimate of drug-likeness (QED) is 0.306. The number of carbonyl (C=O) groups excluding carboxylic acids is 2. The summed E-state index contributed by atoms with van der Waals surface area (Å²) in [4.78, 5) is 26.8. The SMILES string of the molecule is C/C=C\C.C=CC.CC.CCOC(=O)C1CCCN(C(=O)c2ccc3c(c2)OC(C)(c2ccccc2)O3)C1. The van der Waals surface area contributed by atoms with Crippen molar-refractivity contribution in [2.75, 3.05) is 19.7 Å². The molecule has 0 radical (unpaired) electrons. The van der Waals surface area contributed by atoms with Crippen LogP contribution >= 0.6 is 0 Å². The highest BCUT2D eigenvalue weighted by Gasteiger charge is 2.39. The summed E-state index contributed by atoms with van der Waals surface area (Å²) in [6, 6.07) is 14.9. The van der Waals surface area contributed by atoms with E-state index < -0.39 is 5.79 Å². The van der Waals surface area contributed by atoms with Crippen LogP contribution in [0.2, 0.25) is 0 Å². The summed E-state index contributed by atoms with van der Waals surface area (Å²) < 4.78 is 17.2. The Bertz CT molecular complexity index is 1030. The van der Waals surface area contributed by atoms with E-state index in [1.807, 2.05) is 84.0 Å². The maximum atomic E-state index is 13.0. The van der Waals surface area contributed by atoms with E-state index in [2.05, 4.69) is 6.58 Å². The van der Waals surface area contributed by atoms with Gasteiger partial charge >= 0.3 is 5.97 Å². The highest BCUT2D eigenvalue weighted by molar-refractivity contribution is 5.95. The third kappa shape index (κ3) is 9.09. The van der Waals surface area contributed by atoms with E-state index >= 15 is 0 Å². The zero-order valence-corrected chi connectivity index (χ0v) is 24.2. The lowest BCUT2D eigenvalue weighted by Crippen LogP contribution is -2.42. The zero-order chi connectivity index (χ0) is 28.6. The van der Waals surface area contributed by atoms with Gasteiger partial charge < -0.3 is 19.1 Å². The van der Waals surface area contributed by atoms with Crippen molar-refractivity contribution >= 4 is 11.9 Å². The Morgan fingerprint density at radius 1 is 1.05 bits per heavy atom. The molecule has 0 aromatic heterocycles. The molecule has 0 aliphatic carbocycles. The second-order valence-corrected chi connectivity index (χ2v) is 8.59. The Balaban J connectivity index is 0.000000708. The van der Waals surface area contributed by atoms with Crippen molar-refractivity contribution in [2.45, 2.75) is 67.1 Å². The molecule has 208 valence electrons. The maximum absolute atomic E-state index is 13.0. The van der Waals surface area contributed by atoms with E-state index in [4.69, 9.17) is 14.2 Å². The van der Waals surface area contributed by atoms with Crippen molar-refractivity contribution in [1.82, 2.24) is 4.90 Å². The molecule has 2 heterocycles. The summed E-state index contributed by atoms with van der Waals surface area (Å²) in [5.74, 6) is -0.376. The Hall–Kier alpha value is -3.54. The number of allylic oxidation sites excluding steroid dienone is 3. The van der Waals surface area contributed by atoms with Crippen LogP contribution in [-0.4, -0.2) is 36.5 Å². The first-order valence-electron chi connectivity index (χ1n) is 13.5. The normalized spacial score (nSPS) is 19.0. The summed E-state index contributed by atoms with van der Waals surface area (Å²) >= 11 is 0. The lowest BCUT2D eigenvalue weighted by molar-refractivity contribution is -0.149. The summed E-state index contributed by atoms with van der Waals surface area (Å²) in [6.07, 6.45) is 7.28. The number of esters is 1. The molecule has 2 aliphatic heterocycles. The van der Waals surface area contributed by atoms with Crippen LogP contribution in [0.5, 0.6) is 11.5 Å². The molecule has 6 nitrogen and oxygen atoms in total. The number of carbonyl (C=O) groups is 2. The van der Waals surface area contributed by atoms with Crippen molar-refractivity contribution in [2.24, 2.45) is 5.92 Å². The van der Waals surface area contributed by atoms with Gasteiger partial charge in [0.1, 0.15) is 0 Å². The van der Waals surface area contributed by atoms with Gasteiger partial charge in [0.25, 0.3) is 11.7 Å². The second kappa shape index (κ2) is 17.1. The number of benzene rings is 2. The van der Waals surface area contributed by atoms with Crippen LogP contribution in [0.3, 0.4) is 0 Å². The van der Waals surface area contributed by atoms with Gasteiger partial charge in [-0.2, -0.15) is 0 Å². The predicted octanol–water partition coefficient (Wildman–Crippen LogP) is 7.55. The molecule has 1 saturated heterocycles. The van der Waals surface area contributed by atoms with Gasteiger partial charge in [0.15, 0.2) is 11.5 Å². The fraction of sp³-hybridized carbons (Fsp3) is 0.438. The van der Waals surface area contributed by atoms with Crippen LogP contribution in [0.25, 0.3) is 0 Å². The molecule has 2 aromatic rings. The second-order valence-electron chi connectivity index (χ2n) is 8.59. The number of amides is 1. The van der Waals surface area contributed by atoms with Gasteiger partial charge in [-0.1, -0.05) is 62.4 Å². The van der Waals surface area contributed by atoms with Gasteiger partial charge in [-0.25, -0.2) is 0 Å². The fourth-order valence-electron chi connectivity index (χ4n) is 3.90. The minimum atomic E-state index is -0.925. The first-order valence-corrected chi connectivity index (χ1v) is 13.5. The third-order valence-corrected chi connectivity index (χ3v) is 5.76. The van der Waals surface area contributed by atoms with E-state index in [0.717, 1.165) is 18.4 Å². The lowest BCUT2D eigenvalue weighted by atomic mass is 9.97. The minimum absolute atomic E-state index is 0.112. The van der Waals surface area contributed by atoms with Crippen molar-refractivity contribution < 1.29 is 23.8 Å². The molecule has 0 N–H and O–H groups in total. The number of ether oxygens (including phenoxy) is 3. The van der Waals surface area contributed by atoms with Gasteiger partial charge in [0, 0.05) is 31.1 Å². The van der Waals surface area contributed by atoms with Gasteiger partial charge in [-0.3, -0.25) is 9.59 Å². The fourth-order valence-corrected chi connectivity index (χ4v) is 3.90. The summed E-state index contributed by atoms with van der Waals surface area (Å²) in [5.41, 5.74) is 1.42. The highest BCUT2D eigenvalue weighted by atomic mass is 16.7. The van der Waals surface area contributed by atoms with Crippen LogP contribution in [-0.2, 0) is 15.3 Å². The first kappa shape index (κ1) is 32.5. The van der Waals surface area contributed by atoms with Crippen molar-refractivity contribution in [3.63, 3.8) is 0 Å². The van der Waals surface area contributed by atoms with Gasteiger partial charge in [-0.15, -0.1) is 6.58 Å². The third-order valence-electron chi connectivity index (χ3n) is 5.76. The molecule has 2 atom stereocenters. The molecule has 2 aliphatic rings.